The van der Waals surface area contributed by atoms with Crippen LogP contribution < -0.4 is 10.6 Å². The number of hydrogen-bond acceptors (Lipinski definition) is 3. The van der Waals surface area contributed by atoms with Gasteiger partial charge in [-0.2, -0.15) is 0 Å². The van der Waals surface area contributed by atoms with E-state index in [1.54, 1.807) is 6.92 Å². The number of likely N-dealkylation sites (tertiary alicyclic amines) is 1. The van der Waals surface area contributed by atoms with Crippen LogP contribution in [-0.4, -0.2) is 54.2 Å². The summed E-state index contributed by atoms with van der Waals surface area (Å²) in [4.78, 5) is 24.8. The molecule has 3 N–H and O–H groups in total. The summed E-state index contributed by atoms with van der Waals surface area (Å²) in [6, 6.07) is 0.0793. The molecule has 1 fully saturated rings. The van der Waals surface area contributed by atoms with Crippen molar-refractivity contribution in [1.29, 1.82) is 0 Å². The lowest BCUT2D eigenvalue weighted by Crippen LogP contribution is -2.48. The fraction of sp³-hybridized carbons (Fsp3) is 0.875. The Morgan fingerprint density at radius 2 is 1.64 bits per heavy atom. The number of urea groups is 1. The Hall–Kier alpha value is -1.30. The lowest BCUT2D eigenvalue weighted by Gasteiger charge is -2.31. The van der Waals surface area contributed by atoms with Crippen molar-refractivity contribution in [3.05, 3.63) is 0 Å². The molecule has 0 radical (unpaired) electrons. The molecule has 0 saturated carbocycles. The van der Waals surface area contributed by atoms with E-state index in [4.69, 9.17) is 5.11 Å². The number of nitrogens with one attached hydrogen (secondary N) is 2. The largest absolute Gasteiger partial charge is 0.396 e. The Bertz CT molecular complexity index is 329. The molecule has 0 aromatic heterocycles. The maximum atomic E-state index is 11.8. The first-order valence-electron chi connectivity index (χ1n) is 8.54. The molecule has 1 aliphatic heterocycles. The topological polar surface area (TPSA) is 81.7 Å². The summed E-state index contributed by atoms with van der Waals surface area (Å²) >= 11 is 0. The maximum Gasteiger partial charge on any atom is 0.315 e. The highest BCUT2D eigenvalue weighted by atomic mass is 16.3. The van der Waals surface area contributed by atoms with E-state index in [1.807, 2.05) is 4.90 Å². The Morgan fingerprint density at radius 1 is 1.05 bits per heavy atom. The highest BCUT2D eigenvalue weighted by molar-refractivity contribution is 5.74. The molecule has 128 valence electrons. The number of rotatable bonds is 9. The third kappa shape index (κ3) is 8.22. The quantitative estimate of drug-likeness (QED) is 0.566. The van der Waals surface area contributed by atoms with Crippen LogP contribution in [0.2, 0.25) is 0 Å². The van der Waals surface area contributed by atoms with Crippen molar-refractivity contribution in [2.24, 2.45) is 0 Å². The van der Waals surface area contributed by atoms with Gasteiger partial charge in [-0.1, -0.05) is 25.7 Å². The molecular weight excluding hydrogens is 282 g/mol. The number of amides is 3. The Kier molecular flexibility index (Phi) is 9.62. The lowest BCUT2D eigenvalue weighted by atomic mass is 10.1. The second kappa shape index (κ2) is 11.3. The van der Waals surface area contributed by atoms with Gasteiger partial charge in [-0.25, -0.2) is 4.79 Å². The average molecular weight is 313 g/mol. The fourth-order valence-corrected chi connectivity index (χ4v) is 2.72. The molecule has 6 nitrogen and oxygen atoms in total. The van der Waals surface area contributed by atoms with E-state index in [9.17, 15) is 9.59 Å². The fourth-order valence-electron chi connectivity index (χ4n) is 2.72. The standard InChI is InChI=1S/C16H31N3O3/c1-14(21)19-11-8-15(9-12-19)18-16(22)17-10-6-4-2-3-5-7-13-20/h15,20H,2-13H2,1H3,(H2,17,18,22). The average Bonchev–Trinajstić information content (AvgIpc) is 2.50. The molecule has 0 bridgehead atoms. The van der Waals surface area contributed by atoms with Crippen molar-refractivity contribution < 1.29 is 14.7 Å². The van der Waals surface area contributed by atoms with Gasteiger partial charge in [-0.15, -0.1) is 0 Å². The third-order valence-corrected chi connectivity index (χ3v) is 4.15. The number of nitrogens with zero attached hydrogens (tertiary/aromatic N) is 1. The molecule has 6 heteroatoms. The predicted molar refractivity (Wildman–Crippen MR) is 86.6 cm³/mol. The smallest absolute Gasteiger partial charge is 0.315 e. The van der Waals surface area contributed by atoms with Crippen LogP contribution >= 0.6 is 0 Å². The molecule has 1 rings (SSSR count). The summed E-state index contributed by atoms with van der Waals surface area (Å²) in [5, 5.41) is 14.5. The van der Waals surface area contributed by atoms with Gasteiger partial charge in [0.1, 0.15) is 0 Å². The van der Waals surface area contributed by atoms with Crippen LogP contribution in [0.4, 0.5) is 4.79 Å². The van der Waals surface area contributed by atoms with Crippen LogP contribution in [0.15, 0.2) is 0 Å². The van der Waals surface area contributed by atoms with Crippen LogP contribution in [-0.2, 0) is 4.79 Å². The number of carbonyl (C=O) groups is 2. The van der Waals surface area contributed by atoms with E-state index in [0.29, 0.717) is 6.54 Å². The molecule has 0 unspecified atom stereocenters. The summed E-state index contributed by atoms with van der Waals surface area (Å²) in [5.74, 6) is 0.113. The van der Waals surface area contributed by atoms with Crippen molar-refractivity contribution >= 4 is 11.9 Å². The van der Waals surface area contributed by atoms with Gasteiger partial charge in [0.15, 0.2) is 0 Å². The molecule has 0 atom stereocenters. The molecule has 3 amide bonds. The molecule has 0 aromatic rings. The lowest BCUT2D eigenvalue weighted by molar-refractivity contribution is -0.129. The molecular formula is C16H31N3O3. The first kappa shape index (κ1) is 18.7. The minimum atomic E-state index is -0.0958. The van der Waals surface area contributed by atoms with Crippen molar-refractivity contribution in [3.63, 3.8) is 0 Å². The second-order valence-electron chi connectivity index (χ2n) is 6.03. The number of unbranched alkanes of at least 4 members (excludes halogenated alkanes) is 5. The predicted octanol–water partition coefficient (Wildman–Crippen LogP) is 1.63. The van der Waals surface area contributed by atoms with Gasteiger partial charge in [0, 0.05) is 39.2 Å². The number of aliphatic hydroxyl groups excluding tert-OH is 1. The molecule has 0 aliphatic carbocycles. The van der Waals surface area contributed by atoms with Crippen LogP contribution in [0.1, 0.15) is 58.3 Å². The van der Waals surface area contributed by atoms with Crippen LogP contribution in [0.3, 0.4) is 0 Å². The summed E-state index contributed by atoms with van der Waals surface area (Å²) in [7, 11) is 0. The van der Waals surface area contributed by atoms with E-state index in [-0.39, 0.29) is 24.6 Å². The van der Waals surface area contributed by atoms with Gasteiger partial charge in [0.2, 0.25) is 5.91 Å². The van der Waals surface area contributed by atoms with Crippen LogP contribution in [0, 0.1) is 0 Å². The van der Waals surface area contributed by atoms with Crippen molar-refractivity contribution in [3.8, 4) is 0 Å². The van der Waals surface area contributed by atoms with E-state index in [1.165, 1.54) is 0 Å². The van der Waals surface area contributed by atoms with Crippen LogP contribution in [0.25, 0.3) is 0 Å². The highest BCUT2D eigenvalue weighted by Gasteiger charge is 2.21. The van der Waals surface area contributed by atoms with Gasteiger partial charge in [0.05, 0.1) is 0 Å². The van der Waals surface area contributed by atoms with E-state index in [2.05, 4.69) is 10.6 Å². The summed E-state index contributed by atoms with van der Waals surface area (Å²) in [5.41, 5.74) is 0. The Balaban J connectivity index is 1.97. The first-order valence-corrected chi connectivity index (χ1v) is 8.54. The summed E-state index contributed by atoms with van der Waals surface area (Å²) < 4.78 is 0. The highest BCUT2D eigenvalue weighted by Crippen LogP contribution is 2.10. The Morgan fingerprint density at radius 3 is 2.23 bits per heavy atom. The number of carbonyl (C=O) groups excluding carboxylic acids is 2. The van der Waals surface area contributed by atoms with Gasteiger partial charge in [0.25, 0.3) is 0 Å². The molecule has 1 saturated heterocycles. The van der Waals surface area contributed by atoms with Crippen LogP contribution in [0.5, 0.6) is 0 Å². The van der Waals surface area contributed by atoms with Gasteiger partial charge >= 0.3 is 6.03 Å². The van der Waals surface area contributed by atoms with E-state index >= 15 is 0 Å². The van der Waals surface area contributed by atoms with Gasteiger partial charge in [-0.3, -0.25) is 4.79 Å². The minimum Gasteiger partial charge on any atom is -0.396 e. The first-order chi connectivity index (χ1) is 10.6. The monoisotopic (exact) mass is 313 g/mol. The third-order valence-electron chi connectivity index (χ3n) is 4.15. The van der Waals surface area contributed by atoms with Gasteiger partial charge in [-0.05, 0) is 25.7 Å². The van der Waals surface area contributed by atoms with E-state index < -0.39 is 0 Å². The van der Waals surface area contributed by atoms with Crippen molar-refractivity contribution in [2.45, 2.75) is 64.3 Å². The van der Waals surface area contributed by atoms with Gasteiger partial charge < -0.3 is 20.6 Å². The summed E-state index contributed by atoms with van der Waals surface area (Å²) in [6.07, 6.45) is 8.06. The normalized spacial score (nSPS) is 15.6. The molecule has 22 heavy (non-hydrogen) atoms. The summed E-state index contributed by atoms with van der Waals surface area (Å²) in [6.45, 7) is 4.04. The molecule has 1 heterocycles. The number of piperidine rings is 1. The zero-order valence-corrected chi connectivity index (χ0v) is 13.8. The Labute approximate surface area is 133 Å². The SMILES string of the molecule is CC(=O)N1CCC(NC(=O)NCCCCCCCCO)CC1. The zero-order valence-electron chi connectivity index (χ0n) is 13.8. The molecule has 1 aliphatic rings. The minimum absolute atomic E-state index is 0.0958. The van der Waals surface area contributed by atoms with E-state index in [0.717, 1.165) is 64.5 Å². The van der Waals surface area contributed by atoms with Crippen molar-refractivity contribution in [1.82, 2.24) is 15.5 Å². The molecule has 0 aromatic carbocycles. The number of hydrogen-bond donors (Lipinski definition) is 3. The second-order valence-corrected chi connectivity index (χ2v) is 6.03. The molecule has 0 spiro atoms. The number of aliphatic hydroxyl groups is 1. The zero-order chi connectivity index (χ0) is 16.2. The van der Waals surface area contributed by atoms with Crippen molar-refractivity contribution in [2.75, 3.05) is 26.2 Å². The maximum absolute atomic E-state index is 11.8.